The average Bonchev–Trinajstić information content (AvgIpc) is 2.57. The first-order chi connectivity index (χ1) is 7.56. The van der Waals surface area contributed by atoms with Gasteiger partial charge in [-0.25, -0.2) is 15.0 Å². The molecular formula is C8H8N4O3S. The number of aliphatic imine (C=N–C) groups is 3. The quantitative estimate of drug-likeness (QED) is 0.678. The maximum atomic E-state index is 11.5. The summed E-state index contributed by atoms with van der Waals surface area (Å²) in [7, 11) is 0. The highest BCUT2D eigenvalue weighted by Gasteiger charge is 2.33. The SMILES string of the molecule is CC1=NC2=NC(SCC(=O)O)=NC2C(=O)N1. The molecule has 7 nitrogen and oxygen atoms in total. The van der Waals surface area contributed by atoms with Crippen LogP contribution in [-0.4, -0.2) is 45.6 Å². The van der Waals surface area contributed by atoms with Crippen LogP contribution >= 0.6 is 11.8 Å². The summed E-state index contributed by atoms with van der Waals surface area (Å²) in [5.41, 5.74) is 0. The van der Waals surface area contributed by atoms with Gasteiger partial charge in [-0.15, -0.1) is 0 Å². The van der Waals surface area contributed by atoms with Crippen molar-refractivity contribution in [3.05, 3.63) is 0 Å². The molecule has 84 valence electrons. The number of amidine groups is 3. The number of thioether (sulfide) groups is 1. The summed E-state index contributed by atoms with van der Waals surface area (Å²) in [5, 5.41) is 11.3. The maximum absolute atomic E-state index is 11.5. The van der Waals surface area contributed by atoms with E-state index in [1.807, 2.05) is 0 Å². The van der Waals surface area contributed by atoms with E-state index in [9.17, 15) is 9.59 Å². The molecule has 16 heavy (non-hydrogen) atoms. The van der Waals surface area contributed by atoms with Crippen LogP contribution in [0, 0.1) is 0 Å². The van der Waals surface area contributed by atoms with Crippen LogP contribution in [0.2, 0.25) is 0 Å². The van der Waals surface area contributed by atoms with E-state index in [0.717, 1.165) is 11.8 Å². The first-order valence-electron chi connectivity index (χ1n) is 4.43. The Bertz CT molecular complexity index is 454. The number of aliphatic carboxylic acids is 1. The highest BCUT2D eigenvalue weighted by atomic mass is 32.2. The minimum Gasteiger partial charge on any atom is -0.481 e. The second-order valence-electron chi connectivity index (χ2n) is 3.15. The minimum atomic E-state index is -0.952. The Kier molecular flexibility index (Phi) is 2.73. The van der Waals surface area contributed by atoms with Crippen LogP contribution < -0.4 is 5.32 Å². The Morgan fingerprint density at radius 2 is 2.31 bits per heavy atom. The Morgan fingerprint density at radius 3 is 3.00 bits per heavy atom. The first-order valence-corrected chi connectivity index (χ1v) is 5.42. The second kappa shape index (κ2) is 4.05. The monoisotopic (exact) mass is 240 g/mol. The highest BCUT2D eigenvalue weighted by Crippen LogP contribution is 2.17. The van der Waals surface area contributed by atoms with Gasteiger partial charge in [0.1, 0.15) is 5.84 Å². The van der Waals surface area contributed by atoms with Crippen LogP contribution in [0.3, 0.4) is 0 Å². The molecule has 1 atom stereocenters. The predicted octanol–water partition coefficient (Wildman–Crippen LogP) is -0.511. The number of fused-ring (bicyclic) bond motifs is 1. The number of carboxylic acid groups (broad SMARTS) is 1. The molecule has 2 heterocycles. The zero-order valence-corrected chi connectivity index (χ0v) is 9.11. The molecule has 2 rings (SSSR count). The second-order valence-corrected chi connectivity index (χ2v) is 4.10. The van der Waals surface area contributed by atoms with Crippen LogP contribution in [0.15, 0.2) is 15.0 Å². The van der Waals surface area contributed by atoms with Gasteiger partial charge in [-0.3, -0.25) is 9.59 Å². The van der Waals surface area contributed by atoms with Crippen molar-refractivity contribution in [2.24, 2.45) is 15.0 Å². The number of hydrogen-bond donors (Lipinski definition) is 2. The van der Waals surface area contributed by atoms with Gasteiger partial charge in [0.2, 0.25) is 0 Å². The number of nitrogens with one attached hydrogen (secondary N) is 1. The number of rotatable bonds is 2. The van der Waals surface area contributed by atoms with Crippen molar-refractivity contribution in [1.29, 1.82) is 0 Å². The largest absolute Gasteiger partial charge is 0.481 e. The van der Waals surface area contributed by atoms with Crippen LogP contribution in [0.5, 0.6) is 0 Å². The van der Waals surface area contributed by atoms with E-state index in [1.54, 1.807) is 6.92 Å². The van der Waals surface area contributed by atoms with E-state index in [2.05, 4.69) is 20.3 Å². The van der Waals surface area contributed by atoms with Crippen molar-refractivity contribution in [2.45, 2.75) is 13.0 Å². The molecule has 0 saturated carbocycles. The molecule has 0 aromatic heterocycles. The number of amides is 1. The fourth-order valence-corrected chi connectivity index (χ4v) is 1.85. The van der Waals surface area contributed by atoms with E-state index < -0.39 is 12.0 Å². The normalized spacial score (nSPS) is 22.9. The van der Waals surface area contributed by atoms with Crippen molar-refractivity contribution in [3.63, 3.8) is 0 Å². The van der Waals surface area contributed by atoms with Crippen LogP contribution in [0.1, 0.15) is 6.92 Å². The van der Waals surface area contributed by atoms with Crippen molar-refractivity contribution in [3.8, 4) is 0 Å². The summed E-state index contributed by atoms with van der Waals surface area (Å²) < 4.78 is 0. The van der Waals surface area contributed by atoms with Crippen molar-refractivity contribution >= 4 is 40.5 Å². The van der Waals surface area contributed by atoms with Crippen LogP contribution in [-0.2, 0) is 9.59 Å². The fourth-order valence-electron chi connectivity index (χ4n) is 1.26. The van der Waals surface area contributed by atoms with Gasteiger partial charge in [-0.05, 0) is 6.92 Å². The molecule has 0 aromatic carbocycles. The Labute approximate surface area is 94.8 Å². The van der Waals surface area contributed by atoms with E-state index in [4.69, 9.17) is 5.11 Å². The Balaban J connectivity index is 2.13. The summed E-state index contributed by atoms with van der Waals surface area (Å²) in [6.07, 6.45) is 0. The number of hydrogen-bond acceptors (Lipinski definition) is 6. The molecule has 0 radical (unpaired) electrons. The zero-order chi connectivity index (χ0) is 11.7. The summed E-state index contributed by atoms with van der Waals surface area (Å²) in [6, 6.07) is -0.722. The molecule has 1 unspecified atom stereocenters. The lowest BCUT2D eigenvalue weighted by Crippen LogP contribution is -2.44. The van der Waals surface area contributed by atoms with Crippen LogP contribution in [0.25, 0.3) is 0 Å². The van der Waals surface area contributed by atoms with Crippen molar-refractivity contribution in [2.75, 3.05) is 5.75 Å². The van der Waals surface area contributed by atoms with Gasteiger partial charge in [0, 0.05) is 0 Å². The first kappa shape index (κ1) is 10.8. The summed E-state index contributed by atoms with van der Waals surface area (Å²) in [5.74, 6) is -0.565. The Morgan fingerprint density at radius 1 is 1.56 bits per heavy atom. The molecular weight excluding hydrogens is 232 g/mol. The average molecular weight is 240 g/mol. The van der Waals surface area contributed by atoms with E-state index >= 15 is 0 Å². The van der Waals surface area contributed by atoms with Gasteiger partial charge in [0.25, 0.3) is 5.91 Å². The topological polar surface area (TPSA) is 103 Å². The summed E-state index contributed by atoms with van der Waals surface area (Å²) in [4.78, 5) is 33.8. The molecule has 0 aromatic rings. The maximum Gasteiger partial charge on any atom is 0.313 e. The van der Waals surface area contributed by atoms with Gasteiger partial charge in [-0.2, -0.15) is 0 Å². The molecule has 2 N–H and O–H groups in total. The third kappa shape index (κ3) is 2.11. The minimum absolute atomic E-state index is 0.132. The number of carbonyl (C=O) groups is 2. The van der Waals surface area contributed by atoms with Gasteiger partial charge >= 0.3 is 5.97 Å². The molecule has 8 heteroatoms. The smallest absolute Gasteiger partial charge is 0.313 e. The summed E-state index contributed by atoms with van der Waals surface area (Å²) in [6.45, 7) is 1.65. The number of carbonyl (C=O) groups excluding carboxylic acids is 1. The molecule has 2 aliphatic heterocycles. The van der Waals surface area contributed by atoms with Gasteiger partial charge < -0.3 is 10.4 Å². The lowest BCUT2D eigenvalue weighted by atomic mass is 10.2. The highest BCUT2D eigenvalue weighted by molar-refractivity contribution is 8.14. The van der Waals surface area contributed by atoms with Crippen molar-refractivity contribution in [1.82, 2.24) is 5.32 Å². The standard InChI is InChI=1S/C8H8N4O3S/c1-3-9-6-5(7(15)10-3)11-8(12-6)16-2-4(13)14/h5H,2H2,1H3,(H,13,14)(H,9,10,11,12,15). The third-order valence-electron chi connectivity index (χ3n) is 1.85. The van der Waals surface area contributed by atoms with Crippen molar-refractivity contribution < 1.29 is 14.7 Å². The van der Waals surface area contributed by atoms with E-state index in [-0.39, 0.29) is 16.8 Å². The summed E-state index contributed by atoms with van der Waals surface area (Å²) >= 11 is 0.975. The molecule has 2 aliphatic rings. The lowest BCUT2D eigenvalue weighted by molar-refractivity contribution is -0.133. The molecule has 0 fully saturated rings. The van der Waals surface area contributed by atoms with E-state index in [0.29, 0.717) is 11.7 Å². The fraction of sp³-hybridized carbons (Fsp3) is 0.375. The lowest BCUT2D eigenvalue weighted by Gasteiger charge is -2.14. The molecule has 0 saturated heterocycles. The third-order valence-corrected chi connectivity index (χ3v) is 2.70. The van der Waals surface area contributed by atoms with Crippen LogP contribution in [0.4, 0.5) is 0 Å². The molecule has 0 spiro atoms. The molecule has 1 amide bonds. The van der Waals surface area contributed by atoms with E-state index in [1.165, 1.54) is 0 Å². The Hall–Kier alpha value is -1.70. The predicted molar refractivity (Wildman–Crippen MR) is 60.0 cm³/mol. The van der Waals surface area contributed by atoms with Gasteiger partial charge in [0.15, 0.2) is 17.0 Å². The molecule has 0 aliphatic carbocycles. The molecule has 0 bridgehead atoms. The van der Waals surface area contributed by atoms with Gasteiger partial charge in [0.05, 0.1) is 5.75 Å². The number of nitrogens with zero attached hydrogens (tertiary/aromatic N) is 3. The zero-order valence-electron chi connectivity index (χ0n) is 8.30. The number of carboxylic acids is 1. The van der Waals surface area contributed by atoms with Gasteiger partial charge in [-0.1, -0.05) is 11.8 Å².